The summed E-state index contributed by atoms with van der Waals surface area (Å²) in [6.07, 6.45) is 10.7. The molecular weight excluding hydrogens is 300 g/mol. The molecule has 0 amide bonds. The van der Waals surface area contributed by atoms with Crippen molar-refractivity contribution in [2.45, 2.75) is 0 Å². The fourth-order valence-corrected chi connectivity index (χ4v) is 2.56. The average molecular weight is 314 g/mol. The van der Waals surface area contributed by atoms with Crippen LogP contribution in [0.15, 0.2) is 73.7 Å². The number of hydrogen-bond acceptors (Lipinski definition) is 5. The van der Waals surface area contributed by atoms with Gasteiger partial charge in [-0.15, -0.1) is 0 Å². The molecule has 6 heteroatoms. The van der Waals surface area contributed by atoms with Gasteiger partial charge in [0.15, 0.2) is 0 Å². The lowest BCUT2D eigenvalue weighted by molar-refractivity contribution is 1.06. The van der Waals surface area contributed by atoms with Crippen LogP contribution in [0.5, 0.6) is 0 Å². The maximum Gasteiger partial charge on any atom is 0.220 e. The van der Waals surface area contributed by atoms with Gasteiger partial charge in [0.05, 0.1) is 12.0 Å². The molecule has 0 spiro atoms. The first kappa shape index (κ1) is 14.1. The topological polar surface area (TPSA) is 82.5 Å². The fraction of sp³-hybridized carbons (Fsp3) is 0. The summed E-state index contributed by atoms with van der Waals surface area (Å²) in [6.45, 7) is 0. The molecule has 24 heavy (non-hydrogen) atoms. The van der Waals surface area contributed by atoms with E-state index in [-0.39, 0.29) is 5.95 Å². The fourth-order valence-electron chi connectivity index (χ4n) is 2.56. The summed E-state index contributed by atoms with van der Waals surface area (Å²) in [5, 5.41) is 0. The lowest BCUT2D eigenvalue weighted by atomic mass is 10.0. The van der Waals surface area contributed by atoms with E-state index in [1.807, 2.05) is 47.2 Å². The first-order valence-electron chi connectivity index (χ1n) is 7.43. The highest BCUT2D eigenvalue weighted by Gasteiger charge is 2.11. The quantitative estimate of drug-likeness (QED) is 0.628. The van der Waals surface area contributed by atoms with Crippen LogP contribution in [0, 0.1) is 0 Å². The standard InChI is InChI=1S/C18H14N6/c19-18-22-11-16(17(23-18)14-5-7-20-8-6-14)13-1-3-15(4-2-13)24-10-9-21-12-24/h1-12H,(H2,19,22,23). The minimum Gasteiger partial charge on any atom is -0.368 e. The highest BCUT2D eigenvalue weighted by Crippen LogP contribution is 2.30. The van der Waals surface area contributed by atoms with Crippen molar-refractivity contribution in [3.05, 3.63) is 73.7 Å². The third-order valence-corrected chi connectivity index (χ3v) is 3.74. The maximum absolute atomic E-state index is 5.78. The number of pyridine rings is 1. The van der Waals surface area contributed by atoms with Crippen molar-refractivity contribution < 1.29 is 0 Å². The van der Waals surface area contributed by atoms with E-state index in [0.717, 1.165) is 28.1 Å². The van der Waals surface area contributed by atoms with E-state index in [2.05, 4.69) is 19.9 Å². The van der Waals surface area contributed by atoms with E-state index < -0.39 is 0 Å². The van der Waals surface area contributed by atoms with Gasteiger partial charge in [0.1, 0.15) is 0 Å². The van der Waals surface area contributed by atoms with Crippen molar-refractivity contribution in [3.8, 4) is 28.1 Å². The molecule has 0 aliphatic rings. The lowest BCUT2D eigenvalue weighted by Gasteiger charge is -2.10. The van der Waals surface area contributed by atoms with Gasteiger partial charge in [-0.3, -0.25) is 4.98 Å². The van der Waals surface area contributed by atoms with E-state index in [0.29, 0.717) is 0 Å². The zero-order valence-corrected chi connectivity index (χ0v) is 12.7. The molecular formula is C18H14N6. The molecule has 0 atom stereocenters. The molecule has 0 saturated heterocycles. The van der Waals surface area contributed by atoms with E-state index in [9.17, 15) is 0 Å². The molecule has 0 aliphatic carbocycles. The highest BCUT2D eigenvalue weighted by molar-refractivity contribution is 5.80. The van der Waals surface area contributed by atoms with Crippen LogP contribution in [0.1, 0.15) is 0 Å². The van der Waals surface area contributed by atoms with Crippen molar-refractivity contribution in [2.75, 3.05) is 5.73 Å². The predicted molar refractivity (Wildman–Crippen MR) is 92.2 cm³/mol. The van der Waals surface area contributed by atoms with Crippen molar-refractivity contribution in [3.63, 3.8) is 0 Å². The Morgan fingerprint density at radius 1 is 0.833 bits per heavy atom. The minimum atomic E-state index is 0.251. The monoisotopic (exact) mass is 314 g/mol. The van der Waals surface area contributed by atoms with Crippen LogP contribution in [0.3, 0.4) is 0 Å². The summed E-state index contributed by atoms with van der Waals surface area (Å²) in [6, 6.07) is 12.0. The molecule has 0 unspecified atom stereocenters. The van der Waals surface area contributed by atoms with Crippen LogP contribution in [-0.4, -0.2) is 24.5 Å². The summed E-state index contributed by atoms with van der Waals surface area (Å²) >= 11 is 0. The molecule has 1 aromatic carbocycles. The first-order chi connectivity index (χ1) is 11.8. The summed E-state index contributed by atoms with van der Waals surface area (Å²) in [5.41, 5.74) is 10.5. The molecule has 6 nitrogen and oxygen atoms in total. The molecule has 116 valence electrons. The van der Waals surface area contributed by atoms with Gasteiger partial charge in [-0.05, 0) is 29.8 Å². The Morgan fingerprint density at radius 2 is 1.62 bits per heavy atom. The third-order valence-electron chi connectivity index (χ3n) is 3.74. The second kappa shape index (κ2) is 5.92. The molecule has 0 saturated carbocycles. The Bertz CT molecular complexity index is 947. The van der Waals surface area contributed by atoms with Gasteiger partial charge < -0.3 is 10.3 Å². The summed E-state index contributed by atoms with van der Waals surface area (Å²) in [4.78, 5) is 16.7. The van der Waals surface area contributed by atoms with Gasteiger partial charge >= 0.3 is 0 Å². The number of nitrogens with zero attached hydrogens (tertiary/aromatic N) is 5. The van der Waals surface area contributed by atoms with Crippen molar-refractivity contribution in [2.24, 2.45) is 0 Å². The van der Waals surface area contributed by atoms with Crippen LogP contribution in [0.25, 0.3) is 28.1 Å². The SMILES string of the molecule is Nc1ncc(-c2ccc(-n3ccnc3)cc2)c(-c2ccncc2)n1. The van der Waals surface area contributed by atoms with E-state index in [4.69, 9.17) is 5.73 Å². The van der Waals surface area contributed by atoms with Crippen molar-refractivity contribution in [1.29, 1.82) is 0 Å². The number of hydrogen-bond donors (Lipinski definition) is 1. The number of anilines is 1. The van der Waals surface area contributed by atoms with Crippen LogP contribution in [-0.2, 0) is 0 Å². The van der Waals surface area contributed by atoms with E-state index in [1.54, 1.807) is 31.1 Å². The summed E-state index contributed by atoms with van der Waals surface area (Å²) < 4.78 is 1.95. The molecule has 0 radical (unpaired) electrons. The maximum atomic E-state index is 5.78. The number of aromatic nitrogens is 5. The molecule has 3 heterocycles. The molecule has 0 bridgehead atoms. The average Bonchev–Trinajstić information content (AvgIpc) is 3.17. The second-order valence-corrected chi connectivity index (χ2v) is 5.24. The molecule has 4 rings (SSSR count). The second-order valence-electron chi connectivity index (χ2n) is 5.24. The number of nitrogen functional groups attached to an aromatic ring is 1. The Balaban J connectivity index is 1.79. The van der Waals surface area contributed by atoms with Gasteiger partial charge in [-0.2, -0.15) is 0 Å². The largest absolute Gasteiger partial charge is 0.368 e. The molecule has 4 aromatic rings. The molecule has 3 aromatic heterocycles. The van der Waals surface area contributed by atoms with Gasteiger partial charge in [0, 0.05) is 47.8 Å². The normalized spacial score (nSPS) is 10.7. The number of benzene rings is 1. The van der Waals surface area contributed by atoms with Crippen LogP contribution < -0.4 is 5.73 Å². The zero-order valence-electron chi connectivity index (χ0n) is 12.7. The Kier molecular flexibility index (Phi) is 3.47. The van der Waals surface area contributed by atoms with Crippen LogP contribution >= 0.6 is 0 Å². The van der Waals surface area contributed by atoms with Gasteiger partial charge in [0.25, 0.3) is 0 Å². The van der Waals surface area contributed by atoms with Gasteiger partial charge in [-0.1, -0.05) is 12.1 Å². The van der Waals surface area contributed by atoms with Gasteiger partial charge in [0.2, 0.25) is 5.95 Å². The first-order valence-corrected chi connectivity index (χ1v) is 7.43. The van der Waals surface area contributed by atoms with E-state index in [1.165, 1.54) is 0 Å². The highest BCUT2D eigenvalue weighted by atomic mass is 15.0. The van der Waals surface area contributed by atoms with Crippen molar-refractivity contribution >= 4 is 5.95 Å². The predicted octanol–water partition coefficient (Wildman–Crippen LogP) is 2.97. The Morgan fingerprint density at radius 3 is 2.33 bits per heavy atom. The molecule has 0 aliphatic heterocycles. The number of nitrogens with two attached hydrogens (primary N) is 1. The molecule has 0 fully saturated rings. The van der Waals surface area contributed by atoms with Crippen molar-refractivity contribution in [1.82, 2.24) is 24.5 Å². The van der Waals surface area contributed by atoms with Gasteiger partial charge in [-0.25, -0.2) is 15.0 Å². The summed E-state index contributed by atoms with van der Waals surface area (Å²) in [5.74, 6) is 0.251. The minimum absolute atomic E-state index is 0.251. The number of imidazole rings is 1. The Labute approximate surface area is 138 Å². The van der Waals surface area contributed by atoms with Crippen LogP contribution in [0.2, 0.25) is 0 Å². The number of rotatable bonds is 3. The zero-order chi connectivity index (χ0) is 16.4. The third kappa shape index (κ3) is 2.61. The summed E-state index contributed by atoms with van der Waals surface area (Å²) in [7, 11) is 0. The van der Waals surface area contributed by atoms with Crippen LogP contribution in [0.4, 0.5) is 5.95 Å². The smallest absolute Gasteiger partial charge is 0.220 e. The Hall–Kier alpha value is -3.54. The lowest BCUT2D eigenvalue weighted by Crippen LogP contribution is -1.99. The van der Waals surface area contributed by atoms with E-state index >= 15 is 0 Å². The molecule has 2 N–H and O–H groups in total.